The third-order valence-electron chi connectivity index (χ3n) is 7.76. The van der Waals surface area contributed by atoms with Crippen molar-refractivity contribution in [3.05, 3.63) is 47.2 Å². The van der Waals surface area contributed by atoms with Gasteiger partial charge in [-0.15, -0.1) is 0 Å². The molecular formula is C27H38N8O3S. The Labute approximate surface area is 230 Å². The van der Waals surface area contributed by atoms with Gasteiger partial charge in [-0.2, -0.15) is 9.61 Å². The Morgan fingerprint density at radius 2 is 1.92 bits per heavy atom. The van der Waals surface area contributed by atoms with E-state index in [0.717, 1.165) is 48.8 Å². The van der Waals surface area contributed by atoms with Crippen LogP contribution >= 0.6 is 0 Å². The smallest absolute Gasteiger partial charge is 0.256 e. The van der Waals surface area contributed by atoms with Gasteiger partial charge in [0.2, 0.25) is 10.0 Å². The molecule has 39 heavy (non-hydrogen) atoms. The number of hydrogen-bond acceptors (Lipinski definition) is 8. The van der Waals surface area contributed by atoms with Crippen molar-refractivity contribution in [2.75, 3.05) is 54.0 Å². The van der Waals surface area contributed by atoms with Gasteiger partial charge in [-0.25, -0.2) is 13.4 Å². The Hall–Kier alpha value is -3.38. The fraction of sp³-hybridized carbons (Fsp3) is 0.519. The van der Waals surface area contributed by atoms with E-state index < -0.39 is 10.0 Å². The summed E-state index contributed by atoms with van der Waals surface area (Å²) in [6.07, 6.45) is 2.65. The molecule has 1 fully saturated rings. The quantitative estimate of drug-likeness (QED) is 0.506. The van der Waals surface area contributed by atoms with E-state index in [1.54, 1.807) is 28.6 Å². The standard InChI is InChI=1S/C27H38N8O3S/c1-5-18-8-9-21-20(14-18)27(36)33(4)23(6-2)22-15-25-29-24(34-12-10-19(28)17-34)16-26(35(25)30-22)32(3)11-7-13-39(37,38)31-21/h8-9,14-16,19,23,31H,5-7,10-13,17,28H2,1-4H3/t19-,23?/m0/s1. The lowest BCUT2D eigenvalue weighted by molar-refractivity contribution is 0.0723. The van der Waals surface area contributed by atoms with Gasteiger partial charge in [0.25, 0.3) is 5.91 Å². The molecule has 0 spiro atoms. The number of carbonyl (C=O) groups excluding carboxylic acids is 1. The van der Waals surface area contributed by atoms with Crippen molar-refractivity contribution in [1.82, 2.24) is 19.5 Å². The van der Waals surface area contributed by atoms with Crippen molar-refractivity contribution in [3.63, 3.8) is 0 Å². The molecular weight excluding hydrogens is 516 g/mol. The number of nitrogens with two attached hydrogens (primary N) is 1. The zero-order valence-corrected chi connectivity index (χ0v) is 23.9. The summed E-state index contributed by atoms with van der Waals surface area (Å²) in [5, 5.41) is 4.93. The zero-order valence-electron chi connectivity index (χ0n) is 23.1. The van der Waals surface area contributed by atoms with E-state index in [1.807, 2.05) is 44.0 Å². The molecule has 1 aromatic carbocycles. The topological polar surface area (TPSA) is 129 Å². The van der Waals surface area contributed by atoms with Crippen molar-refractivity contribution in [2.45, 2.75) is 51.6 Å². The van der Waals surface area contributed by atoms with Crippen LogP contribution in [0.3, 0.4) is 0 Å². The van der Waals surface area contributed by atoms with E-state index in [2.05, 4.69) is 9.62 Å². The second kappa shape index (κ2) is 10.6. The number of fused-ring (bicyclic) bond motifs is 2. The van der Waals surface area contributed by atoms with Crippen LogP contribution in [0.2, 0.25) is 0 Å². The first-order valence-corrected chi connectivity index (χ1v) is 15.3. The molecule has 210 valence electrons. The van der Waals surface area contributed by atoms with Gasteiger partial charge in [-0.3, -0.25) is 9.52 Å². The second-order valence-electron chi connectivity index (χ2n) is 10.6. The molecule has 11 nitrogen and oxygen atoms in total. The highest BCUT2D eigenvalue weighted by Crippen LogP contribution is 2.31. The summed E-state index contributed by atoms with van der Waals surface area (Å²) in [4.78, 5) is 24.6. The summed E-state index contributed by atoms with van der Waals surface area (Å²) < 4.78 is 30.7. The Balaban J connectivity index is 1.64. The first-order chi connectivity index (χ1) is 18.6. The van der Waals surface area contributed by atoms with Gasteiger partial charge in [0.15, 0.2) is 5.65 Å². The van der Waals surface area contributed by atoms with E-state index in [4.69, 9.17) is 15.8 Å². The van der Waals surface area contributed by atoms with Crippen LogP contribution in [0.4, 0.5) is 17.3 Å². The SMILES string of the molecule is CCc1ccc2c(c1)C(=O)N(C)C(CC)c1cc3nc(N4CC[C@H](N)C4)cc(n3n1)N(C)CCCS(=O)(=O)N2. The molecule has 12 heteroatoms. The summed E-state index contributed by atoms with van der Waals surface area (Å²) in [6.45, 7) is 6.06. The molecule has 2 bridgehead atoms. The van der Waals surface area contributed by atoms with Gasteiger partial charge in [0.1, 0.15) is 11.6 Å². The summed E-state index contributed by atoms with van der Waals surface area (Å²) in [6, 6.07) is 9.04. The molecule has 5 rings (SSSR count). The molecule has 1 saturated heterocycles. The molecule has 2 aliphatic rings. The number of hydrogen-bond donors (Lipinski definition) is 2. The van der Waals surface area contributed by atoms with Crippen LogP contribution in [0.1, 0.15) is 60.8 Å². The van der Waals surface area contributed by atoms with Crippen LogP contribution in [0.25, 0.3) is 5.65 Å². The Kier molecular flexibility index (Phi) is 7.43. The van der Waals surface area contributed by atoms with Gasteiger partial charge in [-0.05, 0) is 43.4 Å². The maximum atomic E-state index is 13.9. The van der Waals surface area contributed by atoms with Crippen molar-refractivity contribution in [2.24, 2.45) is 5.73 Å². The van der Waals surface area contributed by atoms with E-state index in [1.165, 1.54) is 0 Å². The Morgan fingerprint density at radius 1 is 1.13 bits per heavy atom. The highest BCUT2D eigenvalue weighted by atomic mass is 32.2. The third kappa shape index (κ3) is 5.40. The monoisotopic (exact) mass is 554 g/mol. The van der Waals surface area contributed by atoms with Crippen molar-refractivity contribution < 1.29 is 13.2 Å². The van der Waals surface area contributed by atoms with Gasteiger partial charge < -0.3 is 20.4 Å². The van der Waals surface area contributed by atoms with Crippen LogP contribution in [0.5, 0.6) is 0 Å². The number of aromatic nitrogens is 3. The summed E-state index contributed by atoms with van der Waals surface area (Å²) >= 11 is 0. The second-order valence-corrected chi connectivity index (χ2v) is 12.4. The van der Waals surface area contributed by atoms with Crippen LogP contribution in [-0.2, 0) is 16.4 Å². The first-order valence-electron chi connectivity index (χ1n) is 13.6. The number of carbonyl (C=O) groups is 1. The van der Waals surface area contributed by atoms with Crippen LogP contribution in [0, 0.1) is 0 Å². The highest BCUT2D eigenvalue weighted by molar-refractivity contribution is 7.92. The molecule has 0 aliphatic carbocycles. The lowest BCUT2D eigenvalue weighted by Gasteiger charge is -2.27. The first kappa shape index (κ1) is 27.2. The van der Waals surface area contributed by atoms with Gasteiger partial charge in [-0.1, -0.05) is 19.9 Å². The lowest BCUT2D eigenvalue weighted by atomic mass is 10.0. The molecule has 2 aromatic heterocycles. The van der Waals surface area contributed by atoms with E-state index in [9.17, 15) is 13.2 Å². The van der Waals surface area contributed by atoms with Crippen LogP contribution in [0.15, 0.2) is 30.3 Å². The van der Waals surface area contributed by atoms with E-state index in [0.29, 0.717) is 36.3 Å². The van der Waals surface area contributed by atoms with Crippen molar-refractivity contribution in [1.29, 1.82) is 0 Å². The molecule has 3 aromatic rings. The number of sulfonamides is 1. The van der Waals surface area contributed by atoms with Gasteiger partial charge in [0.05, 0.1) is 28.7 Å². The van der Waals surface area contributed by atoms with Gasteiger partial charge >= 0.3 is 0 Å². The van der Waals surface area contributed by atoms with E-state index in [-0.39, 0.29) is 23.7 Å². The van der Waals surface area contributed by atoms with Crippen LogP contribution in [-0.4, -0.2) is 79.3 Å². The average molecular weight is 555 g/mol. The zero-order chi connectivity index (χ0) is 27.9. The minimum atomic E-state index is -3.68. The predicted octanol–water partition coefficient (Wildman–Crippen LogP) is 2.63. The fourth-order valence-electron chi connectivity index (χ4n) is 5.47. The molecule has 0 radical (unpaired) electrons. The largest absolute Gasteiger partial charge is 0.359 e. The number of amides is 1. The normalized spacial score (nSPS) is 22.1. The molecule has 1 amide bonds. The fourth-order valence-corrected chi connectivity index (χ4v) is 6.59. The summed E-state index contributed by atoms with van der Waals surface area (Å²) in [7, 11) is -0.00847. The lowest BCUT2D eigenvalue weighted by Crippen LogP contribution is -2.32. The minimum absolute atomic E-state index is 0.0830. The molecule has 3 N–H and O–H groups in total. The average Bonchev–Trinajstić information content (AvgIpc) is 3.53. The molecule has 0 saturated carbocycles. The van der Waals surface area contributed by atoms with Crippen molar-refractivity contribution in [3.8, 4) is 0 Å². The van der Waals surface area contributed by atoms with Crippen LogP contribution < -0.4 is 20.3 Å². The Bertz CT molecular complexity index is 1490. The number of anilines is 3. The maximum Gasteiger partial charge on any atom is 0.256 e. The number of benzene rings is 1. The molecule has 2 aliphatic heterocycles. The van der Waals surface area contributed by atoms with E-state index >= 15 is 0 Å². The number of nitrogens with zero attached hydrogens (tertiary/aromatic N) is 6. The van der Waals surface area contributed by atoms with Gasteiger partial charge in [0, 0.05) is 51.9 Å². The number of aryl methyl sites for hydroxylation is 1. The minimum Gasteiger partial charge on any atom is -0.359 e. The molecule has 1 unspecified atom stereocenters. The highest BCUT2D eigenvalue weighted by Gasteiger charge is 2.29. The third-order valence-corrected chi connectivity index (χ3v) is 9.12. The molecule has 2 atom stereocenters. The summed E-state index contributed by atoms with van der Waals surface area (Å²) in [5.74, 6) is 1.28. The maximum absolute atomic E-state index is 13.9. The number of nitrogens with one attached hydrogen (secondary N) is 1. The Morgan fingerprint density at radius 3 is 2.62 bits per heavy atom. The number of rotatable bonds is 3. The predicted molar refractivity (Wildman–Crippen MR) is 154 cm³/mol. The van der Waals surface area contributed by atoms with Crippen molar-refractivity contribution >= 4 is 38.9 Å². The summed E-state index contributed by atoms with van der Waals surface area (Å²) in [5.41, 5.74) is 9.18. The molecule has 4 heterocycles.